The molecule has 5 nitrogen and oxygen atoms in total. The molecule has 0 spiro atoms. The molecule has 2 rings (SSSR count). The molecular formula is C14H20ClN3O2S. The summed E-state index contributed by atoms with van der Waals surface area (Å²) in [7, 11) is -3.27. The molecule has 0 aliphatic carbocycles. The molecule has 21 heavy (non-hydrogen) atoms. The van der Waals surface area contributed by atoms with Crippen LogP contribution in [0, 0.1) is 0 Å². The van der Waals surface area contributed by atoms with E-state index in [1.54, 1.807) is 0 Å². The number of hydrogen-bond donors (Lipinski definition) is 1. The third-order valence-corrected chi connectivity index (χ3v) is 4.18. The highest BCUT2D eigenvalue weighted by Gasteiger charge is 2.25. The van der Waals surface area contributed by atoms with Gasteiger partial charge in [-0.05, 0) is 26.0 Å². The van der Waals surface area contributed by atoms with Crippen LogP contribution in [0.4, 0.5) is 0 Å². The van der Waals surface area contributed by atoms with Crippen LogP contribution in [-0.2, 0) is 23.0 Å². The van der Waals surface area contributed by atoms with Gasteiger partial charge in [0.1, 0.15) is 5.82 Å². The lowest BCUT2D eigenvalue weighted by Crippen LogP contribution is -2.46. The number of rotatable bonds is 6. The molecule has 2 aromatic rings. The summed E-state index contributed by atoms with van der Waals surface area (Å²) in [6.07, 6.45) is 1.81. The van der Waals surface area contributed by atoms with E-state index in [9.17, 15) is 8.42 Å². The quantitative estimate of drug-likeness (QED) is 0.826. The lowest BCUT2D eigenvalue weighted by molar-refractivity contribution is 0.390. The number of nitrogens with zero attached hydrogens (tertiary/aromatic N) is 2. The fourth-order valence-electron chi connectivity index (χ4n) is 2.51. The van der Waals surface area contributed by atoms with E-state index in [4.69, 9.17) is 11.6 Å². The third kappa shape index (κ3) is 4.18. The minimum Gasteiger partial charge on any atom is -0.326 e. The number of nitrogens with one attached hydrogen (secondary N) is 1. The van der Waals surface area contributed by atoms with Crippen molar-refractivity contribution < 1.29 is 8.42 Å². The third-order valence-electron chi connectivity index (χ3n) is 3.07. The van der Waals surface area contributed by atoms with E-state index < -0.39 is 15.6 Å². The van der Waals surface area contributed by atoms with Gasteiger partial charge in [0.2, 0.25) is 10.0 Å². The molecule has 0 aliphatic rings. The lowest BCUT2D eigenvalue weighted by atomic mass is 10.1. The van der Waals surface area contributed by atoms with Crippen LogP contribution in [-0.4, -0.2) is 35.6 Å². The number of imidazole rings is 1. The van der Waals surface area contributed by atoms with E-state index in [-0.39, 0.29) is 0 Å². The minimum absolute atomic E-state index is 0.475. The van der Waals surface area contributed by atoms with Crippen molar-refractivity contribution in [1.82, 2.24) is 14.3 Å². The van der Waals surface area contributed by atoms with E-state index in [1.807, 2.05) is 42.7 Å². The standard InChI is InChI=1S/C14H20ClN3O2S/c1-14(2,17-21(3,19)20)10-18-12-7-5-4-6-11(12)16-13(18)8-9-15/h4-7,17H,8-10H2,1-3H3. The second-order valence-electron chi connectivity index (χ2n) is 5.80. The first kappa shape index (κ1) is 16.3. The molecular weight excluding hydrogens is 310 g/mol. The molecule has 0 radical (unpaired) electrons. The van der Waals surface area contributed by atoms with Crippen molar-refractivity contribution in [2.75, 3.05) is 12.1 Å². The van der Waals surface area contributed by atoms with Gasteiger partial charge in [-0.1, -0.05) is 12.1 Å². The van der Waals surface area contributed by atoms with Gasteiger partial charge in [0.25, 0.3) is 0 Å². The predicted molar refractivity (Wildman–Crippen MR) is 86.2 cm³/mol. The maximum Gasteiger partial charge on any atom is 0.209 e. The Morgan fingerprint density at radius 2 is 2.00 bits per heavy atom. The van der Waals surface area contributed by atoms with E-state index in [0.29, 0.717) is 18.8 Å². The number of benzene rings is 1. The number of sulfonamides is 1. The predicted octanol–water partition coefficient (Wildman–Crippen LogP) is 2.15. The molecule has 1 aromatic carbocycles. The zero-order valence-electron chi connectivity index (χ0n) is 12.4. The Kier molecular flexibility index (Phi) is 4.60. The van der Waals surface area contributed by atoms with Gasteiger partial charge in [0, 0.05) is 24.4 Å². The molecule has 0 amide bonds. The summed E-state index contributed by atoms with van der Waals surface area (Å²) in [5.74, 6) is 1.35. The Morgan fingerprint density at radius 1 is 1.33 bits per heavy atom. The number of para-hydroxylation sites is 2. The number of halogens is 1. The molecule has 1 N–H and O–H groups in total. The van der Waals surface area contributed by atoms with Crippen molar-refractivity contribution in [1.29, 1.82) is 0 Å². The number of aromatic nitrogens is 2. The monoisotopic (exact) mass is 329 g/mol. The molecule has 0 bridgehead atoms. The summed E-state index contributed by atoms with van der Waals surface area (Å²) in [5.41, 5.74) is 1.27. The highest BCUT2D eigenvalue weighted by molar-refractivity contribution is 7.88. The summed E-state index contributed by atoms with van der Waals surface area (Å²) < 4.78 is 27.7. The Bertz CT molecular complexity index is 738. The van der Waals surface area contributed by atoms with Crippen LogP contribution in [0.1, 0.15) is 19.7 Å². The van der Waals surface area contributed by atoms with E-state index >= 15 is 0 Å². The zero-order valence-corrected chi connectivity index (χ0v) is 14.0. The average molecular weight is 330 g/mol. The van der Waals surface area contributed by atoms with Gasteiger partial charge in [-0.25, -0.2) is 18.1 Å². The lowest BCUT2D eigenvalue weighted by Gasteiger charge is -2.26. The highest BCUT2D eigenvalue weighted by atomic mass is 35.5. The summed E-state index contributed by atoms with van der Waals surface area (Å²) in [5, 5.41) is 0. The van der Waals surface area contributed by atoms with Crippen molar-refractivity contribution >= 4 is 32.7 Å². The van der Waals surface area contributed by atoms with E-state index in [0.717, 1.165) is 16.9 Å². The minimum atomic E-state index is -3.27. The molecule has 1 heterocycles. The summed E-state index contributed by atoms with van der Waals surface area (Å²) in [4.78, 5) is 4.58. The van der Waals surface area contributed by atoms with Gasteiger partial charge in [0.05, 0.1) is 17.3 Å². The second kappa shape index (κ2) is 5.94. The maximum atomic E-state index is 11.5. The molecule has 0 unspecified atom stereocenters. The average Bonchev–Trinajstić information content (AvgIpc) is 2.65. The number of alkyl halides is 1. The van der Waals surface area contributed by atoms with Gasteiger partial charge in [-0.3, -0.25) is 0 Å². The van der Waals surface area contributed by atoms with Crippen molar-refractivity contribution in [3.05, 3.63) is 30.1 Å². The van der Waals surface area contributed by atoms with Crippen molar-refractivity contribution in [2.45, 2.75) is 32.4 Å². The van der Waals surface area contributed by atoms with Gasteiger partial charge >= 0.3 is 0 Å². The van der Waals surface area contributed by atoms with Crippen LogP contribution in [0.2, 0.25) is 0 Å². The highest BCUT2D eigenvalue weighted by Crippen LogP contribution is 2.20. The van der Waals surface area contributed by atoms with Crippen LogP contribution in [0.25, 0.3) is 11.0 Å². The second-order valence-corrected chi connectivity index (χ2v) is 7.93. The number of aryl methyl sites for hydroxylation is 1. The van der Waals surface area contributed by atoms with Crippen LogP contribution < -0.4 is 4.72 Å². The van der Waals surface area contributed by atoms with Gasteiger partial charge in [-0.2, -0.15) is 0 Å². The van der Waals surface area contributed by atoms with E-state index in [1.165, 1.54) is 6.26 Å². The van der Waals surface area contributed by atoms with Crippen molar-refractivity contribution in [3.63, 3.8) is 0 Å². The summed E-state index contributed by atoms with van der Waals surface area (Å²) >= 11 is 5.85. The van der Waals surface area contributed by atoms with Crippen LogP contribution in [0.5, 0.6) is 0 Å². The first-order valence-electron chi connectivity index (χ1n) is 6.71. The SMILES string of the molecule is CC(C)(Cn1c(CCCl)nc2ccccc21)NS(C)(=O)=O. The van der Waals surface area contributed by atoms with Gasteiger partial charge < -0.3 is 4.57 Å². The molecule has 0 atom stereocenters. The molecule has 0 aliphatic heterocycles. The maximum absolute atomic E-state index is 11.5. The Labute approximate surface area is 130 Å². The van der Waals surface area contributed by atoms with Crippen LogP contribution in [0.3, 0.4) is 0 Å². The Hall–Kier alpha value is -1.11. The molecule has 0 saturated carbocycles. The van der Waals surface area contributed by atoms with Crippen molar-refractivity contribution in [3.8, 4) is 0 Å². The first-order chi connectivity index (χ1) is 9.72. The summed E-state index contributed by atoms with van der Waals surface area (Å²) in [6, 6.07) is 7.81. The van der Waals surface area contributed by atoms with Gasteiger partial charge in [-0.15, -0.1) is 11.6 Å². The molecule has 0 fully saturated rings. The Balaban J connectivity index is 2.42. The van der Waals surface area contributed by atoms with E-state index in [2.05, 4.69) is 9.71 Å². The van der Waals surface area contributed by atoms with Gasteiger partial charge in [0.15, 0.2) is 0 Å². The number of fused-ring (bicyclic) bond motifs is 1. The normalized spacial score (nSPS) is 13.0. The largest absolute Gasteiger partial charge is 0.326 e. The molecule has 1 aromatic heterocycles. The fourth-order valence-corrected chi connectivity index (χ4v) is 3.74. The molecule has 7 heteroatoms. The zero-order chi connectivity index (χ0) is 15.7. The topological polar surface area (TPSA) is 64.0 Å². The number of hydrogen-bond acceptors (Lipinski definition) is 3. The molecule has 0 saturated heterocycles. The van der Waals surface area contributed by atoms with Crippen molar-refractivity contribution in [2.24, 2.45) is 0 Å². The first-order valence-corrected chi connectivity index (χ1v) is 9.13. The Morgan fingerprint density at radius 3 is 2.62 bits per heavy atom. The smallest absolute Gasteiger partial charge is 0.209 e. The molecule has 116 valence electrons. The van der Waals surface area contributed by atoms with Crippen LogP contribution >= 0.6 is 11.6 Å². The van der Waals surface area contributed by atoms with Crippen LogP contribution in [0.15, 0.2) is 24.3 Å². The fraction of sp³-hybridized carbons (Fsp3) is 0.500. The summed E-state index contributed by atoms with van der Waals surface area (Å²) in [6.45, 7) is 4.20.